The summed E-state index contributed by atoms with van der Waals surface area (Å²) in [4.78, 5) is 26.3. The molecule has 0 spiro atoms. The summed E-state index contributed by atoms with van der Waals surface area (Å²) in [7, 11) is -3.37. The maximum absolute atomic E-state index is 9.34. The Hall–Kier alpha value is -0.550. The Balaban J connectivity index is 0. The highest BCUT2D eigenvalue weighted by atomic mass is 31.1. The quantitative estimate of drug-likeness (QED) is 0.404. The highest BCUT2D eigenvalue weighted by Gasteiger charge is 1.89. The molecule has 0 aliphatic heterocycles. The molecule has 7 heteroatoms. The number of hydrogen-bond donors (Lipinski definition) is 1. The minimum atomic E-state index is -3.37. The number of carboxylic acids is 1. The lowest BCUT2D eigenvalue weighted by molar-refractivity contribution is -0.314. The third-order valence-electron chi connectivity index (χ3n) is 0.341. The largest absolute Gasteiger partial charge is 0.598 e. The van der Waals surface area contributed by atoms with Gasteiger partial charge in [-0.25, -0.2) is 0 Å². The molecule has 1 N–H and O–H groups in total. The first-order valence-corrected chi connectivity index (χ1v) is 3.18. The van der Waals surface area contributed by atoms with Crippen molar-refractivity contribution in [1.82, 2.24) is 0 Å². The second-order valence-corrected chi connectivity index (χ2v) is 1.67. The van der Waals surface area contributed by atoms with Gasteiger partial charge in [0.1, 0.15) is 0 Å². The van der Waals surface area contributed by atoms with Crippen LogP contribution in [0.3, 0.4) is 0 Å². The van der Waals surface area contributed by atoms with Crippen LogP contribution in [0.1, 0.15) is 6.92 Å². The van der Waals surface area contributed by atoms with Crippen LogP contribution >= 0.6 is 8.25 Å². The van der Waals surface area contributed by atoms with Gasteiger partial charge in [0, 0.05) is 0 Å². The molecular weight excluding hydrogens is 163 g/mol. The average molecular weight is 168 g/mol. The lowest BCUT2D eigenvalue weighted by Crippen LogP contribution is -2.32. The molecule has 0 aromatic carbocycles. The van der Waals surface area contributed by atoms with Gasteiger partial charge in [-0.3, -0.25) is 0 Å². The monoisotopic (exact) mass is 168 g/mol. The second-order valence-electron chi connectivity index (χ2n) is 1.22. The average Bonchev–Trinajstić information content (AvgIpc) is 1.63. The van der Waals surface area contributed by atoms with Crippen LogP contribution in [0.5, 0.6) is 0 Å². The molecule has 0 rings (SSSR count). The van der Waals surface area contributed by atoms with E-state index in [4.69, 9.17) is 19.5 Å². The molecule has 0 amide bonds. The Morgan fingerprint density at radius 3 is 1.70 bits per heavy atom. The van der Waals surface area contributed by atoms with Gasteiger partial charge in [0.25, 0.3) is 8.25 Å². The summed E-state index contributed by atoms with van der Waals surface area (Å²) in [6, 6.07) is 0. The zero-order valence-electron chi connectivity index (χ0n) is 5.01. The first-order valence-electron chi connectivity index (χ1n) is 2.08. The van der Waals surface area contributed by atoms with E-state index < -0.39 is 20.3 Å². The van der Waals surface area contributed by atoms with Crippen LogP contribution in [0, 0.1) is 0 Å². The summed E-state index contributed by atoms with van der Waals surface area (Å²) in [5, 5.41) is 17.3. The summed E-state index contributed by atoms with van der Waals surface area (Å²) in [6.45, 7) is 1.13. The highest BCUT2D eigenvalue weighted by molar-refractivity contribution is 7.27. The minimum Gasteiger partial charge on any atom is -0.598 e. The number of rotatable bonds is 1. The van der Waals surface area contributed by atoms with Gasteiger partial charge in [-0.05, 0) is 6.92 Å². The number of aliphatic hydroxyl groups is 1. The van der Waals surface area contributed by atoms with Crippen LogP contribution in [0.15, 0.2) is 0 Å². The molecule has 0 radical (unpaired) electrons. The third-order valence-corrected chi connectivity index (χ3v) is 0.341. The molecule has 1 atom stereocenters. The number of carbonyl (C=O) groups excluding carboxylic acids is 1. The highest BCUT2D eigenvalue weighted by Crippen LogP contribution is 1.79. The van der Waals surface area contributed by atoms with E-state index in [1.54, 1.807) is 0 Å². The molecule has 10 heavy (non-hydrogen) atoms. The van der Waals surface area contributed by atoms with E-state index in [-0.39, 0.29) is 0 Å². The van der Waals surface area contributed by atoms with Crippen LogP contribution in [-0.2, 0) is 9.36 Å². The van der Waals surface area contributed by atoms with Crippen molar-refractivity contribution in [3.63, 3.8) is 0 Å². The van der Waals surface area contributed by atoms with Crippen molar-refractivity contribution >= 4 is 14.2 Å². The topological polar surface area (TPSA) is 124 Å². The van der Waals surface area contributed by atoms with Gasteiger partial charge in [0.05, 0.1) is 12.1 Å². The van der Waals surface area contributed by atoms with Crippen LogP contribution in [0.25, 0.3) is 0 Å². The summed E-state index contributed by atoms with van der Waals surface area (Å²) < 4.78 is 8.48. The Labute approximate surface area is 57.7 Å². The predicted octanol–water partition coefficient (Wildman–Crippen LogP) is -3.52. The van der Waals surface area contributed by atoms with Crippen LogP contribution in [0.2, 0.25) is 0 Å². The van der Waals surface area contributed by atoms with Crippen molar-refractivity contribution in [2.75, 3.05) is 0 Å². The molecule has 0 heterocycles. The Morgan fingerprint density at radius 2 is 1.70 bits per heavy atom. The zero-order valence-corrected chi connectivity index (χ0v) is 5.91. The maximum Gasteiger partial charge on any atom is 0.276 e. The van der Waals surface area contributed by atoms with Gasteiger partial charge in [0.15, 0.2) is 0 Å². The van der Waals surface area contributed by atoms with Crippen molar-refractivity contribution < 1.29 is 29.4 Å². The van der Waals surface area contributed by atoms with E-state index in [2.05, 4.69) is 0 Å². The minimum absolute atomic E-state index is 1.13. The molecule has 6 nitrogen and oxygen atoms in total. The number of carbonyl (C=O) groups is 1. The van der Waals surface area contributed by atoms with E-state index in [9.17, 15) is 9.90 Å². The number of hydrogen-bond acceptors (Lipinski definition) is 6. The van der Waals surface area contributed by atoms with Crippen molar-refractivity contribution in [2.24, 2.45) is 0 Å². The predicted molar refractivity (Wildman–Crippen MR) is 24.3 cm³/mol. The first-order chi connectivity index (χ1) is 4.37. The normalized spacial score (nSPS) is 10.8. The fourth-order valence-electron chi connectivity index (χ4n) is 0. The molecule has 0 aromatic heterocycles. The van der Waals surface area contributed by atoms with Gasteiger partial charge in [-0.2, -0.15) is 0 Å². The molecule has 0 bridgehead atoms. The fourth-order valence-corrected chi connectivity index (χ4v) is 0. The van der Waals surface area contributed by atoms with Crippen LogP contribution in [-0.4, -0.2) is 17.2 Å². The Bertz CT molecular complexity index is 116. The molecule has 0 aromatic rings. The SMILES string of the molecule is CC(O)C(=O)[O-].O=[P+]([O-])[O-]. The molecule has 0 saturated heterocycles. The molecular formula is C3H5O6P-2. The fraction of sp³-hybridized carbons (Fsp3) is 0.667. The van der Waals surface area contributed by atoms with E-state index in [1.165, 1.54) is 0 Å². The molecule has 0 aliphatic carbocycles. The van der Waals surface area contributed by atoms with E-state index >= 15 is 0 Å². The van der Waals surface area contributed by atoms with Crippen LogP contribution in [0.4, 0.5) is 0 Å². The van der Waals surface area contributed by atoms with Crippen molar-refractivity contribution in [3.8, 4) is 0 Å². The standard InChI is InChI=1S/C3H6O3.HO3P/c1-2(4)3(5)6;1-4(2)3/h2,4H,1H3,(H,5,6);(H,1,2,3)/p-2. The lowest BCUT2D eigenvalue weighted by Gasteiger charge is -2.00. The summed E-state index contributed by atoms with van der Waals surface area (Å²) in [6.07, 6.45) is -1.34. The number of aliphatic hydroxyl groups excluding tert-OH is 1. The van der Waals surface area contributed by atoms with Crippen molar-refractivity contribution in [2.45, 2.75) is 13.0 Å². The summed E-state index contributed by atoms with van der Waals surface area (Å²) >= 11 is 0. The third kappa shape index (κ3) is 26.0. The van der Waals surface area contributed by atoms with Crippen molar-refractivity contribution in [1.29, 1.82) is 0 Å². The molecule has 1 unspecified atom stereocenters. The summed E-state index contributed by atoms with van der Waals surface area (Å²) in [5.74, 6) is -1.44. The van der Waals surface area contributed by atoms with E-state index in [1.807, 2.05) is 0 Å². The second kappa shape index (κ2) is 6.57. The smallest absolute Gasteiger partial charge is 0.276 e. The maximum atomic E-state index is 9.34. The van der Waals surface area contributed by atoms with Gasteiger partial charge in [0.2, 0.25) is 0 Å². The Morgan fingerprint density at radius 1 is 1.60 bits per heavy atom. The summed E-state index contributed by atoms with van der Waals surface area (Å²) in [5.41, 5.74) is 0. The number of aliphatic carboxylic acids is 1. The molecule has 0 saturated carbocycles. The zero-order chi connectivity index (χ0) is 8.73. The van der Waals surface area contributed by atoms with Crippen molar-refractivity contribution in [3.05, 3.63) is 0 Å². The van der Waals surface area contributed by atoms with Gasteiger partial charge >= 0.3 is 0 Å². The van der Waals surface area contributed by atoms with E-state index in [0.29, 0.717) is 0 Å². The molecule has 0 aliphatic rings. The van der Waals surface area contributed by atoms with Crippen LogP contribution < -0.4 is 14.9 Å². The van der Waals surface area contributed by atoms with Gasteiger partial charge in [-0.1, -0.05) is 4.57 Å². The first kappa shape index (κ1) is 12.2. The van der Waals surface area contributed by atoms with E-state index in [0.717, 1.165) is 6.92 Å². The Kier molecular flexibility index (Phi) is 7.99. The number of carboxylic acid groups (broad SMARTS) is 1. The molecule has 60 valence electrons. The van der Waals surface area contributed by atoms with Gasteiger partial charge < -0.3 is 24.8 Å². The lowest BCUT2D eigenvalue weighted by atomic mass is 10.4. The molecule has 0 fully saturated rings. The van der Waals surface area contributed by atoms with Gasteiger partial charge in [-0.15, -0.1) is 0 Å².